The van der Waals surface area contributed by atoms with Gasteiger partial charge in [0, 0.05) is 66.1 Å². The van der Waals surface area contributed by atoms with Crippen LogP contribution in [0.25, 0.3) is 0 Å². The minimum absolute atomic E-state index is 0.183. The van der Waals surface area contributed by atoms with E-state index in [1.54, 1.807) is 0 Å². The third-order valence-electron chi connectivity index (χ3n) is 6.94. The van der Waals surface area contributed by atoms with Crippen molar-refractivity contribution in [1.82, 2.24) is 0 Å². The number of hydrogen-bond donors (Lipinski definition) is 0. The molecule has 0 saturated carbocycles. The molecule has 11 nitrogen and oxygen atoms in total. The first-order valence-electron chi connectivity index (χ1n) is 17.7. The fraction of sp³-hybridized carbons (Fsp3) is 1.00. The Balaban J connectivity index is 0. The van der Waals surface area contributed by atoms with Crippen molar-refractivity contribution in [3.05, 3.63) is 0 Å². The maximum absolute atomic E-state index is 6.27. The highest BCUT2D eigenvalue weighted by atomic mass is 16.5. The van der Waals surface area contributed by atoms with E-state index in [2.05, 4.69) is 0 Å². The van der Waals surface area contributed by atoms with E-state index in [4.69, 9.17) is 52.1 Å². The number of hydrogen-bond acceptors (Lipinski definition) is 11. The van der Waals surface area contributed by atoms with Crippen LogP contribution >= 0.6 is 0 Å². The van der Waals surface area contributed by atoms with Crippen LogP contribution in [0.15, 0.2) is 0 Å². The van der Waals surface area contributed by atoms with E-state index in [-0.39, 0.29) is 16.2 Å². The largest absolute Gasteiger partial charge is 0.381 e. The molecule has 0 amide bonds. The zero-order valence-electron chi connectivity index (χ0n) is 31.5. The van der Waals surface area contributed by atoms with E-state index in [9.17, 15) is 0 Å². The van der Waals surface area contributed by atoms with E-state index >= 15 is 0 Å². The summed E-state index contributed by atoms with van der Waals surface area (Å²) < 4.78 is 63.0. The molecule has 0 aromatic carbocycles. The first-order chi connectivity index (χ1) is 22.3. The second-order valence-corrected chi connectivity index (χ2v) is 11.4. The molecule has 0 aliphatic rings. The standard InChI is InChI=1S/C22H46O7.C13H28O4/c1-7-23-13-21(14-24-8-2,15-25-9-3)19-29-20-22(16-26-10-4,17-27-11-5)18-28-12-6;1-5-14-9-13(10-15-6-2,11-16-7-3)12-17-8-4/h7-20H2,1-6H3;5-12H2,1-4H3. The summed E-state index contributed by atoms with van der Waals surface area (Å²) in [5.41, 5.74) is -0.884. The molecule has 0 atom stereocenters. The Bertz CT molecular complexity index is 496. The van der Waals surface area contributed by atoms with Crippen molar-refractivity contribution in [3.8, 4) is 0 Å². The lowest BCUT2D eigenvalue weighted by molar-refractivity contribution is -0.139. The Morgan fingerprint density at radius 2 is 0.304 bits per heavy atom. The zero-order chi connectivity index (χ0) is 34.8. The van der Waals surface area contributed by atoms with Crippen molar-refractivity contribution in [2.75, 3.05) is 145 Å². The molecule has 280 valence electrons. The molecule has 0 aliphatic heterocycles. The Morgan fingerprint density at radius 1 is 0.196 bits per heavy atom. The van der Waals surface area contributed by atoms with Crippen molar-refractivity contribution < 1.29 is 52.1 Å². The maximum Gasteiger partial charge on any atom is 0.0637 e. The van der Waals surface area contributed by atoms with Gasteiger partial charge in [-0.1, -0.05) is 0 Å². The lowest BCUT2D eigenvalue weighted by atomic mass is 9.90. The molecule has 0 saturated heterocycles. The second-order valence-electron chi connectivity index (χ2n) is 11.4. The Morgan fingerprint density at radius 3 is 0.413 bits per heavy atom. The smallest absolute Gasteiger partial charge is 0.0637 e. The molecule has 11 heteroatoms. The van der Waals surface area contributed by atoms with Gasteiger partial charge in [0.25, 0.3) is 0 Å². The van der Waals surface area contributed by atoms with Crippen molar-refractivity contribution >= 4 is 0 Å². The summed E-state index contributed by atoms with van der Waals surface area (Å²) >= 11 is 0. The van der Waals surface area contributed by atoms with Crippen LogP contribution < -0.4 is 0 Å². The molecular formula is C35H74O11. The molecule has 0 unspecified atom stereocenters. The van der Waals surface area contributed by atoms with Crippen LogP contribution in [-0.2, 0) is 52.1 Å². The Labute approximate surface area is 282 Å². The van der Waals surface area contributed by atoms with Gasteiger partial charge in [-0.15, -0.1) is 0 Å². The molecule has 46 heavy (non-hydrogen) atoms. The lowest BCUT2D eigenvalue weighted by Crippen LogP contribution is -2.46. The monoisotopic (exact) mass is 671 g/mol. The van der Waals surface area contributed by atoms with Crippen LogP contribution in [-0.4, -0.2) is 145 Å². The highest BCUT2D eigenvalue weighted by Crippen LogP contribution is 2.25. The van der Waals surface area contributed by atoms with Gasteiger partial charge in [-0.3, -0.25) is 0 Å². The van der Waals surface area contributed by atoms with Crippen molar-refractivity contribution in [2.45, 2.75) is 69.2 Å². The van der Waals surface area contributed by atoms with Crippen molar-refractivity contribution in [1.29, 1.82) is 0 Å². The Hall–Kier alpha value is -0.440. The third kappa shape index (κ3) is 23.8. The minimum Gasteiger partial charge on any atom is -0.381 e. The summed E-state index contributed by atoms with van der Waals surface area (Å²) in [4.78, 5) is 0. The third-order valence-corrected chi connectivity index (χ3v) is 6.94. The molecule has 0 N–H and O–H groups in total. The van der Waals surface area contributed by atoms with E-state index in [1.807, 2.05) is 69.2 Å². The average molecular weight is 671 g/mol. The van der Waals surface area contributed by atoms with Crippen LogP contribution in [0, 0.1) is 16.2 Å². The summed E-state index contributed by atoms with van der Waals surface area (Å²) in [6, 6.07) is 0. The molecule has 0 bridgehead atoms. The molecule has 0 heterocycles. The van der Waals surface area contributed by atoms with Crippen LogP contribution in [0.1, 0.15) is 69.2 Å². The molecule has 0 rings (SSSR count). The average Bonchev–Trinajstić information content (AvgIpc) is 3.08. The van der Waals surface area contributed by atoms with Crippen LogP contribution in [0.5, 0.6) is 0 Å². The highest BCUT2D eigenvalue weighted by molar-refractivity contribution is 4.83. The molecule has 0 radical (unpaired) electrons. The van der Waals surface area contributed by atoms with Gasteiger partial charge in [-0.2, -0.15) is 0 Å². The van der Waals surface area contributed by atoms with Gasteiger partial charge < -0.3 is 52.1 Å². The van der Waals surface area contributed by atoms with E-state index < -0.39 is 0 Å². The molecular weight excluding hydrogens is 596 g/mol. The number of rotatable bonds is 34. The van der Waals surface area contributed by atoms with Gasteiger partial charge in [0.05, 0.1) is 95.5 Å². The van der Waals surface area contributed by atoms with Gasteiger partial charge >= 0.3 is 0 Å². The van der Waals surface area contributed by atoms with E-state index in [0.717, 1.165) is 0 Å². The molecule has 0 aliphatic carbocycles. The minimum atomic E-state index is -0.351. The quantitative estimate of drug-likeness (QED) is 0.0890. The van der Waals surface area contributed by atoms with Gasteiger partial charge in [0.2, 0.25) is 0 Å². The molecule has 0 fully saturated rings. The second kappa shape index (κ2) is 33.1. The molecule has 0 spiro atoms. The van der Waals surface area contributed by atoms with Crippen molar-refractivity contribution in [3.63, 3.8) is 0 Å². The van der Waals surface area contributed by atoms with Crippen LogP contribution in [0.2, 0.25) is 0 Å². The lowest BCUT2D eigenvalue weighted by Gasteiger charge is -2.36. The summed E-state index contributed by atoms with van der Waals surface area (Å²) in [6.07, 6.45) is 0. The first kappa shape index (κ1) is 47.7. The SMILES string of the molecule is CCOCC(COCC)(COCC)COCC.CCOCC(COCC)(COCC)COCC(COCC)(COCC)COCC. The Kier molecular flexibility index (Phi) is 34.3. The van der Waals surface area contributed by atoms with Gasteiger partial charge in [0.1, 0.15) is 0 Å². The van der Waals surface area contributed by atoms with Gasteiger partial charge in [-0.05, 0) is 69.2 Å². The fourth-order valence-corrected chi connectivity index (χ4v) is 4.42. The molecule has 0 aromatic rings. The predicted molar refractivity (Wildman–Crippen MR) is 183 cm³/mol. The first-order valence-corrected chi connectivity index (χ1v) is 17.7. The summed E-state index contributed by atoms with van der Waals surface area (Å²) in [5.74, 6) is 0. The predicted octanol–water partition coefficient (Wildman–Crippen LogP) is 5.31. The summed E-state index contributed by atoms with van der Waals surface area (Å²) in [5, 5.41) is 0. The normalized spacial score (nSPS) is 12.4. The van der Waals surface area contributed by atoms with E-state index in [1.165, 1.54) is 0 Å². The molecule has 0 aromatic heterocycles. The topological polar surface area (TPSA) is 102 Å². The summed E-state index contributed by atoms with van der Waals surface area (Å²) in [6.45, 7) is 33.1. The fourth-order valence-electron chi connectivity index (χ4n) is 4.42. The van der Waals surface area contributed by atoms with Crippen LogP contribution in [0.3, 0.4) is 0 Å². The highest BCUT2D eigenvalue weighted by Gasteiger charge is 2.36. The zero-order valence-corrected chi connectivity index (χ0v) is 31.5. The van der Waals surface area contributed by atoms with Crippen LogP contribution in [0.4, 0.5) is 0 Å². The summed E-state index contributed by atoms with van der Waals surface area (Å²) in [7, 11) is 0. The number of ether oxygens (including phenoxy) is 11. The maximum atomic E-state index is 6.27. The van der Waals surface area contributed by atoms with Gasteiger partial charge in [-0.25, -0.2) is 0 Å². The van der Waals surface area contributed by atoms with Crippen molar-refractivity contribution in [2.24, 2.45) is 16.2 Å². The van der Waals surface area contributed by atoms with E-state index in [0.29, 0.717) is 145 Å². The van der Waals surface area contributed by atoms with Gasteiger partial charge in [0.15, 0.2) is 0 Å².